The van der Waals surface area contributed by atoms with Crippen LogP contribution < -0.4 is 5.32 Å². The number of rotatable bonds is 3. The van der Waals surface area contributed by atoms with Crippen molar-refractivity contribution in [2.24, 2.45) is 0 Å². The zero-order valence-corrected chi connectivity index (χ0v) is 11.8. The molecular formula is C14H19N3O3. The first-order chi connectivity index (χ1) is 9.47. The van der Waals surface area contributed by atoms with Gasteiger partial charge in [-0.15, -0.1) is 0 Å². The number of carbonyl (C=O) groups excluding carboxylic acids is 1. The summed E-state index contributed by atoms with van der Waals surface area (Å²) >= 11 is 0. The molecule has 0 radical (unpaired) electrons. The van der Waals surface area contributed by atoms with Gasteiger partial charge >= 0.3 is 0 Å². The number of nitro groups is 1. The summed E-state index contributed by atoms with van der Waals surface area (Å²) in [5.74, 6) is 0.106. The van der Waals surface area contributed by atoms with Gasteiger partial charge in [0.2, 0.25) is 5.91 Å². The topological polar surface area (TPSA) is 75.5 Å². The third-order valence-electron chi connectivity index (χ3n) is 3.72. The second-order valence-electron chi connectivity index (χ2n) is 5.18. The van der Waals surface area contributed by atoms with Gasteiger partial charge in [0, 0.05) is 43.4 Å². The number of aryl methyl sites for hydroxylation is 1. The van der Waals surface area contributed by atoms with Crippen molar-refractivity contribution >= 4 is 17.3 Å². The van der Waals surface area contributed by atoms with Crippen LogP contribution in [0.4, 0.5) is 11.4 Å². The molecule has 20 heavy (non-hydrogen) atoms. The van der Waals surface area contributed by atoms with Gasteiger partial charge < -0.3 is 10.2 Å². The van der Waals surface area contributed by atoms with Crippen molar-refractivity contribution in [1.29, 1.82) is 0 Å². The van der Waals surface area contributed by atoms with E-state index in [2.05, 4.69) is 5.32 Å². The molecule has 0 unspecified atom stereocenters. The Kier molecular flexibility index (Phi) is 4.22. The third-order valence-corrected chi connectivity index (χ3v) is 3.72. The highest BCUT2D eigenvalue weighted by molar-refractivity contribution is 5.73. The van der Waals surface area contributed by atoms with E-state index in [0.29, 0.717) is 5.56 Å². The third kappa shape index (κ3) is 3.26. The fraction of sp³-hybridized carbons (Fsp3) is 0.500. The maximum absolute atomic E-state index is 11.3. The van der Waals surface area contributed by atoms with Crippen LogP contribution in [0.3, 0.4) is 0 Å². The Morgan fingerprint density at radius 2 is 2.05 bits per heavy atom. The molecule has 108 valence electrons. The molecule has 0 spiro atoms. The summed E-state index contributed by atoms with van der Waals surface area (Å²) in [5.41, 5.74) is 1.56. The number of benzene rings is 1. The van der Waals surface area contributed by atoms with Crippen LogP contribution in [-0.4, -0.2) is 34.9 Å². The monoisotopic (exact) mass is 277 g/mol. The summed E-state index contributed by atoms with van der Waals surface area (Å²) in [6, 6.07) is 5.45. The summed E-state index contributed by atoms with van der Waals surface area (Å²) in [6.07, 6.45) is 1.72. The number of hydrogen-bond donors (Lipinski definition) is 1. The van der Waals surface area contributed by atoms with Crippen molar-refractivity contribution in [1.82, 2.24) is 4.90 Å². The first kappa shape index (κ1) is 14.3. The van der Waals surface area contributed by atoms with Crippen molar-refractivity contribution < 1.29 is 9.72 Å². The molecule has 6 heteroatoms. The van der Waals surface area contributed by atoms with Crippen LogP contribution in [0.15, 0.2) is 18.2 Å². The van der Waals surface area contributed by atoms with E-state index in [1.54, 1.807) is 26.0 Å². The largest absolute Gasteiger partial charge is 0.382 e. The minimum atomic E-state index is -0.362. The second kappa shape index (κ2) is 5.90. The van der Waals surface area contributed by atoms with Gasteiger partial charge in [-0.2, -0.15) is 0 Å². The average Bonchev–Trinajstić information content (AvgIpc) is 2.41. The number of amides is 1. The molecule has 0 aliphatic carbocycles. The van der Waals surface area contributed by atoms with E-state index in [0.717, 1.165) is 31.6 Å². The SMILES string of the molecule is CC(=O)N1CCC(Nc2ccc(C)c([N+](=O)[O-])c2)CC1. The van der Waals surface area contributed by atoms with Gasteiger partial charge in [0.05, 0.1) is 4.92 Å². The summed E-state index contributed by atoms with van der Waals surface area (Å²) in [7, 11) is 0. The van der Waals surface area contributed by atoms with Gasteiger partial charge in [0.25, 0.3) is 5.69 Å². The minimum Gasteiger partial charge on any atom is -0.382 e. The Labute approximate surface area is 117 Å². The predicted octanol–water partition coefficient (Wildman–Crippen LogP) is 2.33. The van der Waals surface area contributed by atoms with E-state index >= 15 is 0 Å². The molecule has 0 saturated carbocycles. The van der Waals surface area contributed by atoms with E-state index < -0.39 is 0 Å². The van der Waals surface area contributed by atoms with E-state index in [1.807, 2.05) is 11.0 Å². The zero-order chi connectivity index (χ0) is 14.7. The Hall–Kier alpha value is -2.11. The summed E-state index contributed by atoms with van der Waals surface area (Å²) in [6.45, 7) is 4.78. The van der Waals surface area contributed by atoms with Crippen molar-refractivity contribution in [3.63, 3.8) is 0 Å². The smallest absolute Gasteiger partial charge is 0.274 e. The highest BCUT2D eigenvalue weighted by Crippen LogP contribution is 2.24. The molecule has 1 N–H and O–H groups in total. The molecule has 0 aromatic heterocycles. The summed E-state index contributed by atoms with van der Waals surface area (Å²) < 4.78 is 0. The quantitative estimate of drug-likeness (QED) is 0.679. The summed E-state index contributed by atoms with van der Waals surface area (Å²) in [5, 5.41) is 14.2. The predicted molar refractivity (Wildman–Crippen MR) is 76.7 cm³/mol. The van der Waals surface area contributed by atoms with Crippen molar-refractivity contribution in [2.75, 3.05) is 18.4 Å². The molecule has 1 saturated heterocycles. The van der Waals surface area contributed by atoms with Crippen LogP contribution in [0.5, 0.6) is 0 Å². The molecule has 1 fully saturated rings. The van der Waals surface area contributed by atoms with Gasteiger partial charge in [-0.1, -0.05) is 6.07 Å². The van der Waals surface area contributed by atoms with Crippen molar-refractivity contribution in [2.45, 2.75) is 32.7 Å². The average molecular weight is 277 g/mol. The van der Waals surface area contributed by atoms with Gasteiger partial charge in [-0.3, -0.25) is 14.9 Å². The first-order valence-electron chi connectivity index (χ1n) is 6.74. The molecule has 0 bridgehead atoms. The number of hydrogen-bond acceptors (Lipinski definition) is 4. The van der Waals surface area contributed by atoms with Gasteiger partial charge in [-0.25, -0.2) is 0 Å². The number of nitro benzene ring substituents is 1. The van der Waals surface area contributed by atoms with Gasteiger partial charge in [-0.05, 0) is 25.8 Å². The highest BCUT2D eigenvalue weighted by atomic mass is 16.6. The van der Waals surface area contributed by atoms with E-state index in [1.165, 1.54) is 0 Å². The lowest BCUT2D eigenvalue weighted by Crippen LogP contribution is -2.41. The number of carbonyl (C=O) groups is 1. The van der Waals surface area contributed by atoms with Crippen LogP contribution in [0.2, 0.25) is 0 Å². The molecule has 6 nitrogen and oxygen atoms in total. The van der Waals surface area contributed by atoms with Crippen molar-refractivity contribution in [3.05, 3.63) is 33.9 Å². The first-order valence-corrected chi connectivity index (χ1v) is 6.74. The number of anilines is 1. The molecule has 1 aliphatic heterocycles. The Morgan fingerprint density at radius 3 is 2.60 bits per heavy atom. The number of likely N-dealkylation sites (tertiary alicyclic amines) is 1. The molecule has 1 aliphatic rings. The Bertz CT molecular complexity index is 522. The lowest BCUT2D eigenvalue weighted by molar-refractivity contribution is -0.385. The van der Waals surface area contributed by atoms with E-state index in [9.17, 15) is 14.9 Å². The molecule has 1 aromatic carbocycles. The van der Waals surface area contributed by atoms with E-state index in [-0.39, 0.29) is 22.6 Å². The molecule has 1 heterocycles. The van der Waals surface area contributed by atoms with Crippen LogP contribution in [-0.2, 0) is 4.79 Å². The van der Waals surface area contributed by atoms with Crippen LogP contribution in [0, 0.1) is 17.0 Å². The zero-order valence-electron chi connectivity index (χ0n) is 11.8. The minimum absolute atomic E-state index is 0.106. The number of piperidine rings is 1. The lowest BCUT2D eigenvalue weighted by Gasteiger charge is -2.32. The lowest BCUT2D eigenvalue weighted by atomic mass is 10.0. The standard InChI is InChI=1S/C14H19N3O3/c1-10-3-4-13(9-14(10)17(19)20)15-12-5-7-16(8-6-12)11(2)18/h3-4,9,12,15H,5-8H2,1-2H3. The molecule has 2 rings (SSSR count). The van der Waals surface area contributed by atoms with Crippen molar-refractivity contribution in [3.8, 4) is 0 Å². The number of nitrogens with one attached hydrogen (secondary N) is 1. The maximum Gasteiger partial charge on any atom is 0.274 e. The van der Waals surface area contributed by atoms with Crippen LogP contribution in [0.1, 0.15) is 25.3 Å². The fourth-order valence-electron chi connectivity index (χ4n) is 2.47. The molecule has 0 atom stereocenters. The maximum atomic E-state index is 11.3. The fourth-order valence-corrected chi connectivity index (χ4v) is 2.47. The van der Waals surface area contributed by atoms with Gasteiger partial charge in [0.1, 0.15) is 0 Å². The second-order valence-corrected chi connectivity index (χ2v) is 5.18. The molecular weight excluding hydrogens is 258 g/mol. The Morgan fingerprint density at radius 1 is 1.40 bits per heavy atom. The highest BCUT2D eigenvalue weighted by Gasteiger charge is 2.21. The van der Waals surface area contributed by atoms with Gasteiger partial charge in [0.15, 0.2) is 0 Å². The summed E-state index contributed by atoms with van der Waals surface area (Å²) in [4.78, 5) is 23.6. The van der Waals surface area contributed by atoms with E-state index in [4.69, 9.17) is 0 Å². The molecule has 1 aromatic rings. The molecule has 1 amide bonds. The normalized spacial score (nSPS) is 16.0. The van der Waals surface area contributed by atoms with Crippen LogP contribution >= 0.6 is 0 Å². The van der Waals surface area contributed by atoms with Crippen LogP contribution in [0.25, 0.3) is 0 Å². The Balaban J connectivity index is 1.99. The number of nitrogens with zero attached hydrogens (tertiary/aromatic N) is 2.